The second kappa shape index (κ2) is 8.31. The summed E-state index contributed by atoms with van der Waals surface area (Å²) >= 11 is 0. The molecular weight excluding hydrogens is 340 g/mol. The molecule has 3 rings (SSSR count). The number of hydrogen-bond donors (Lipinski definition) is 2. The molecule has 2 amide bonds. The van der Waals surface area contributed by atoms with Gasteiger partial charge in [0.2, 0.25) is 0 Å². The third kappa shape index (κ3) is 4.61. The van der Waals surface area contributed by atoms with E-state index in [2.05, 4.69) is 15.7 Å². The number of aryl methyl sites for hydroxylation is 2. The van der Waals surface area contributed by atoms with E-state index in [0.717, 1.165) is 11.3 Å². The topological polar surface area (TPSA) is 76.0 Å². The van der Waals surface area contributed by atoms with Gasteiger partial charge in [0, 0.05) is 25.7 Å². The van der Waals surface area contributed by atoms with E-state index in [-0.39, 0.29) is 11.8 Å². The Morgan fingerprint density at radius 3 is 2.22 bits per heavy atom. The molecule has 0 aliphatic heterocycles. The molecule has 1 heterocycles. The molecular formula is C21H22N4O2. The third-order valence-corrected chi connectivity index (χ3v) is 4.19. The van der Waals surface area contributed by atoms with Crippen LogP contribution in [0.25, 0.3) is 11.3 Å². The van der Waals surface area contributed by atoms with Crippen molar-refractivity contribution in [3.63, 3.8) is 0 Å². The average Bonchev–Trinajstić information content (AvgIpc) is 3.08. The van der Waals surface area contributed by atoms with E-state index < -0.39 is 0 Å². The fourth-order valence-corrected chi connectivity index (χ4v) is 2.71. The number of carbonyl (C=O) groups excluding carboxylic acids is 2. The lowest BCUT2D eigenvalue weighted by molar-refractivity contribution is 0.0924. The SMILES string of the molecule is Cc1ccc(-c2cc(C(=O)NCCNC(=O)c3ccccc3)nn2C)cc1. The first kappa shape index (κ1) is 18.4. The molecule has 138 valence electrons. The summed E-state index contributed by atoms with van der Waals surface area (Å²) in [6.45, 7) is 2.70. The summed E-state index contributed by atoms with van der Waals surface area (Å²) in [5.41, 5.74) is 4.00. The zero-order valence-electron chi connectivity index (χ0n) is 15.4. The number of carbonyl (C=O) groups is 2. The quantitative estimate of drug-likeness (QED) is 0.662. The van der Waals surface area contributed by atoms with E-state index in [1.165, 1.54) is 5.56 Å². The van der Waals surface area contributed by atoms with Crippen molar-refractivity contribution >= 4 is 11.8 Å². The minimum Gasteiger partial charge on any atom is -0.350 e. The molecule has 3 aromatic rings. The van der Waals surface area contributed by atoms with Gasteiger partial charge in [-0.3, -0.25) is 14.3 Å². The predicted molar refractivity (Wildman–Crippen MR) is 104 cm³/mol. The van der Waals surface area contributed by atoms with Gasteiger partial charge in [-0.1, -0.05) is 48.0 Å². The van der Waals surface area contributed by atoms with E-state index in [4.69, 9.17) is 0 Å². The molecule has 0 saturated heterocycles. The van der Waals surface area contributed by atoms with Crippen molar-refractivity contribution in [1.82, 2.24) is 20.4 Å². The molecule has 0 radical (unpaired) electrons. The molecule has 6 nitrogen and oxygen atoms in total. The molecule has 6 heteroatoms. The van der Waals surface area contributed by atoms with Gasteiger partial charge in [-0.05, 0) is 30.7 Å². The van der Waals surface area contributed by atoms with Crippen LogP contribution in [0.15, 0.2) is 60.7 Å². The highest BCUT2D eigenvalue weighted by molar-refractivity contribution is 5.94. The average molecular weight is 362 g/mol. The number of aromatic nitrogens is 2. The third-order valence-electron chi connectivity index (χ3n) is 4.19. The van der Waals surface area contributed by atoms with Crippen molar-refractivity contribution in [2.45, 2.75) is 6.92 Å². The molecule has 0 bridgehead atoms. The first-order valence-corrected chi connectivity index (χ1v) is 8.77. The fraction of sp³-hybridized carbons (Fsp3) is 0.190. The molecule has 0 unspecified atom stereocenters. The van der Waals surface area contributed by atoms with E-state index in [1.54, 1.807) is 22.9 Å². The van der Waals surface area contributed by atoms with E-state index in [0.29, 0.717) is 24.3 Å². The summed E-state index contributed by atoms with van der Waals surface area (Å²) in [6.07, 6.45) is 0. The van der Waals surface area contributed by atoms with Crippen LogP contribution in [0.2, 0.25) is 0 Å². The van der Waals surface area contributed by atoms with E-state index in [9.17, 15) is 9.59 Å². The smallest absolute Gasteiger partial charge is 0.271 e. The predicted octanol–water partition coefficient (Wildman–Crippen LogP) is 2.56. The largest absolute Gasteiger partial charge is 0.350 e. The second-order valence-electron chi connectivity index (χ2n) is 6.28. The maximum absolute atomic E-state index is 12.3. The first-order chi connectivity index (χ1) is 13.0. The van der Waals surface area contributed by atoms with Crippen molar-refractivity contribution in [1.29, 1.82) is 0 Å². The number of benzene rings is 2. The summed E-state index contributed by atoms with van der Waals surface area (Å²) in [5, 5.41) is 9.84. The van der Waals surface area contributed by atoms with Crippen molar-refractivity contribution in [2.24, 2.45) is 7.05 Å². The van der Waals surface area contributed by atoms with Gasteiger partial charge in [0.1, 0.15) is 0 Å². The highest BCUT2D eigenvalue weighted by Crippen LogP contribution is 2.20. The standard InChI is InChI=1S/C21H22N4O2/c1-15-8-10-16(11-9-15)19-14-18(24-25(19)2)21(27)23-13-12-22-20(26)17-6-4-3-5-7-17/h3-11,14H,12-13H2,1-2H3,(H,22,26)(H,23,27). The second-order valence-corrected chi connectivity index (χ2v) is 6.28. The Kier molecular flexibility index (Phi) is 5.66. The van der Waals surface area contributed by atoms with Crippen LogP contribution < -0.4 is 10.6 Å². The number of hydrogen-bond acceptors (Lipinski definition) is 3. The molecule has 1 aromatic heterocycles. The van der Waals surface area contributed by atoms with Crippen LogP contribution in [0.1, 0.15) is 26.4 Å². The number of nitrogens with zero attached hydrogens (tertiary/aromatic N) is 2. The Balaban J connectivity index is 1.53. The zero-order chi connectivity index (χ0) is 19.2. The molecule has 0 saturated carbocycles. The maximum atomic E-state index is 12.3. The van der Waals surface area contributed by atoms with E-state index >= 15 is 0 Å². The molecule has 0 fully saturated rings. The lowest BCUT2D eigenvalue weighted by atomic mass is 10.1. The van der Waals surface area contributed by atoms with Crippen LogP contribution in [0.5, 0.6) is 0 Å². The van der Waals surface area contributed by atoms with Crippen molar-refractivity contribution < 1.29 is 9.59 Å². The van der Waals surface area contributed by atoms with Gasteiger partial charge >= 0.3 is 0 Å². The monoisotopic (exact) mass is 362 g/mol. The minimum absolute atomic E-state index is 0.163. The van der Waals surface area contributed by atoms with Crippen molar-refractivity contribution in [3.8, 4) is 11.3 Å². The van der Waals surface area contributed by atoms with Gasteiger partial charge in [0.25, 0.3) is 11.8 Å². The Labute approximate surface area is 158 Å². The van der Waals surface area contributed by atoms with Gasteiger partial charge in [-0.15, -0.1) is 0 Å². The summed E-state index contributed by atoms with van der Waals surface area (Å²) in [4.78, 5) is 24.3. The Morgan fingerprint density at radius 2 is 1.56 bits per heavy atom. The molecule has 0 aliphatic rings. The van der Waals surface area contributed by atoms with Crippen LogP contribution >= 0.6 is 0 Å². The highest BCUT2D eigenvalue weighted by atomic mass is 16.2. The van der Waals surface area contributed by atoms with Crippen molar-refractivity contribution in [2.75, 3.05) is 13.1 Å². The highest BCUT2D eigenvalue weighted by Gasteiger charge is 2.13. The van der Waals surface area contributed by atoms with Gasteiger partial charge in [0.05, 0.1) is 5.69 Å². The Bertz CT molecular complexity index is 931. The van der Waals surface area contributed by atoms with Crippen molar-refractivity contribution in [3.05, 3.63) is 77.5 Å². The molecule has 0 aliphatic carbocycles. The van der Waals surface area contributed by atoms with Crippen LogP contribution in [-0.4, -0.2) is 34.7 Å². The molecule has 0 atom stereocenters. The number of nitrogens with one attached hydrogen (secondary N) is 2. The molecule has 27 heavy (non-hydrogen) atoms. The summed E-state index contributed by atoms with van der Waals surface area (Å²) in [5.74, 6) is -0.428. The van der Waals surface area contributed by atoms with Gasteiger partial charge in [-0.25, -0.2) is 0 Å². The Hall–Kier alpha value is -3.41. The zero-order valence-corrected chi connectivity index (χ0v) is 15.4. The van der Waals surface area contributed by atoms with Crippen LogP contribution in [0.4, 0.5) is 0 Å². The summed E-state index contributed by atoms with van der Waals surface area (Å²) < 4.78 is 1.69. The van der Waals surface area contributed by atoms with Gasteiger partial charge in [0.15, 0.2) is 5.69 Å². The lowest BCUT2D eigenvalue weighted by Gasteiger charge is -2.06. The van der Waals surface area contributed by atoms with E-state index in [1.807, 2.05) is 56.4 Å². The molecule has 2 N–H and O–H groups in total. The van der Waals surface area contributed by atoms with Crippen LogP contribution in [0.3, 0.4) is 0 Å². The van der Waals surface area contributed by atoms with Crippen LogP contribution in [0, 0.1) is 6.92 Å². The minimum atomic E-state index is -0.266. The number of amides is 2. The lowest BCUT2D eigenvalue weighted by Crippen LogP contribution is -2.34. The van der Waals surface area contributed by atoms with Crippen LogP contribution in [-0.2, 0) is 7.05 Å². The molecule has 0 spiro atoms. The fourth-order valence-electron chi connectivity index (χ4n) is 2.71. The normalized spacial score (nSPS) is 10.4. The summed E-state index contributed by atoms with van der Waals surface area (Å²) in [7, 11) is 1.81. The Morgan fingerprint density at radius 1 is 0.926 bits per heavy atom. The number of rotatable bonds is 6. The first-order valence-electron chi connectivity index (χ1n) is 8.77. The molecule has 2 aromatic carbocycles. The van der Waals surface area contributed by atoms with Gasteiger partial charge < -0.3 is 10.6 Å². The van der Waals surface area contributed by atoms with Gasteiger partial charge in [-0.2, -0.15) is 5.10 Å². The summed E-state index contributed by atoms with van der Waals surface area (Å²) in [6, 6.07) is 18.8. The maximum Gasteiger partial charge on any atom is 0.271 e.